The Balaban J connectivity index is 1.61. The predicted octanol–water partition coefficient (Wildman–Crippen LogP) is 3.82. The Labute approximate surface area is 135 Å². The van der Waals surface area contributed by atoms with E-state index in [4.69, 9.17) is 4.74 Å². The zero-order chi connectivity index (χ0) is 16.1. The molecule has 118 valence electrons. The first-order chi connectivity index (χ1) is 11.2. The number of hydrogen-bond acceptors (Lipinski definition) is 3. The van der Waals surface area contributed by atoms with Gasteiger partial charge in [-0.1, -0.05) is 48.5 Å². The van der Waals surface area contributed by atoms with Crippen LogP contribution < -0.4 is 0 Å². The summed E-state index contributed by atoms with van der Waals surface area (Å²) in [6, 6.07) is 16.7. The summed E-state index contributed by atoms with van der Waals surface area (Å²) in [6.07, 6.45) is 2.58. The molecule has 0 bridgehead atoms. The van der Waals surface area contributed by atoms with E-state index in [1.807, 2.05) is 36.4 Å². The maximum Gasteiger partial charge on any atom is 0.410 e. The topological polar surface area (TPSA) is 49.8 Å². The highest BCUT2D eigenvalue weighted by molar-refractivity contribution is 5.75. The Morgan fingerprint density at radius 3 is 2.74 bits per heavy atom. The van der Waals surface area contributed by atoms with Crippen LogP contribution in [0.3, 0.4) is 0 Å². The van der Waals surface area contributed by atoms with Crippen molar-refractivity contribution in [1.82, 2.24) is 4.90 Å². The summed E-state index contributed by atoms with van der Waals surface area (Å²) in [5, 5.41) is 9.60. The average molecular weight is 309 g/mol. The molecule has 0 radical (unpaired) electrons. The summed E-state index contributed by atoms with van der Waals surface area (Å²) in [5.41, 5.74) is 2.94. The zero-order valence-corrected chi connectivity index (χ0v) is 12.8. The monoisotopic (exact) mass is 309 g/mol. The molecular weight excluding hydrogens is 290 g/mol. The third kappa shape index (κ3) is 3.92. The summed E-state index contributed by atoms with van der Waals surface area (Å²) in [7, 11) is 0. The molecular formula is C19H19NO3. The lowest BCUT2D eigenvalue weighted by Gasteiger charge is -2.27. The van der Waals surface area contributed by atoms with Gasteiger partial charge in [0.2, 0.25) is 0 Å². The maximum atomic E-state index is 12.2. The van der Waals surface area contributed by atoms with Crippen LogP contribution in [0.4, 0.5) is 4.79 Å². The fourth-order valence-corrected chi connectivity index (χ4v) is 2.63. The van der Waals surface area contributed by atoms with Crippen molar-refractivity contribution in [3.8, 4) is 5.75 Å². The quantitative estimate of drug-likeness (QED) is 0.937. The molecule has 2 aromatic rings. The Morgan fingerprint density at radius 1 is 1.13 bits per heavy atom. The molecule has 1 heterocycles. The number of carbonyl (C=O) groups is 1. The van der Waals surface area contributed by atoms with Gasteiger partial charge in [-0.25, -0.2) is 4.79 Å². The lowest BCUT2D eigenvalue weighted by molar-refractivity contribution is 0.100. The van der Waals surface area contributed by atoms with Gasteiger partial charge in [0.05, 0.1) is 0 Å². The molecule has 4 heteroatoms. The van der Waals surface area contributed by atoms with Crippen molar-refractivity contribution in [1.29, 1.82) is 0 Å². The lowest BCUT2D eigenvalue weighted by Crippen LogP contribution is -2.35. The molecule has 1 aliphatic rings. The molecule has 1 aliphatic heterocycles. The van der Waals surface area contributed by atoms with E-state index in [0.717, 1.165) is 23.1 Å². The molecule has 4 nitrogen and oxygen atoms in total. The van der Waals surface area contributed by atoms with Crippen LogP contribution in [0.15, 0.2) is 60.7 Å². The molecule has 0 unspecified atom stereocenters. The second-order valence-electron chi connectivity index (χ2n) is 5.53. The highest BCUT2D eigenvalue weighted by Crippen LogP contribution is 2.24. The fourth-order valence-electron chi connectivity index (χ4n) is 2.63. The van der Waals surface area contributed by atoms with Crippen molar-refractivity contribution in [3.05, 3.63) is 71.8 Å². The van der Waals surface area contributed by atoms with Gasteiger partial charge in [0.15, 0.2) is 0 Å². The first-order valence-corrected chi connectivity index (χ1v) is 7.66. The van der Waals surface area contributed by atoms with Gasteiger partial charge < -0.3 is 14.7 Å². The number of benzene rings is 2. The minimum absolute atomic E-state index is 0.229. The van der Waals surface area contributed by atoms with Gasteiger partial charge in [-0.05, 0) is 35.3 Å². The molecule has 0 spiro atoms. The first-order valence-electron chi connectivity index (χ1n) is 7.66. The number of phenolic OH excluding ortho intramolecular Hbond substituents is 1. The molecule has 0 aliphatic carbocycles. The lowest BCUT2D eigenvalue weighted by atomic mass is 10.0. The van der Waals surface area contributed by atoms with Crippen LogP contribution in [0.5, 0.6) is 5.75 Å². The van der Waals surface area contributed by atoms with Crippen LogP contribution in [0.25, 0.3) is 5.57 Å². The normalized spacial score (nSPS) is 14.3. The predicted molar refractivity (Wildman–Crippen MR) is 88.9 cm³/mol. The molecule has 2 aromatic carbocycles. The van der Waals surface area contributed by atoms with Crippen molar-refractivity contribution in [3.63, 3.8) is 0 Å². The molecule has 0 atom stereocenters. The molecule has 1 N–H and O–H groups in total. The number of amides is 1. The SMILES string of the molecule is O=C(OCc1ccccc1)N1CCC=C(c2cccc(O)c2)C1. The van der Waals surface area contributed by atoms with E-state index in [2.05, 4.69) is 6.08 Å². The molecule has 0 fully saturated rings. The smallest absolute Gasteiger partial charge is 0.410 e. The van der Waals surface area contributed by atoms with Crippen LogP contribution in [0, 0.1) is 0 Å². The Morgan fingerprint density at radius 2 is 1.96 bits per heavy atom. The number of rotatable bonds is 3. The number of hydrogen-bond donors (Lipinski definition) is 1. The third-order valence-corrected chi connectivity index (χ3v) is 3.83. The maximum absolute atomic E-state index is 12.2. The Bertz CT molecular complexity index is 710. The second-order valence-corrected chi connectivity index (χ2v) is 5.53. The van der Waals surface area contributed by atoms with Crippen LogP contribution in [0.2, 0.25) is 0 Å². The second kappa shape index (κ2) is 7.01. The van der Waals surface area contributed by atoms with Crippen molar-refractivity contribution in [2.45, 2.75) is 13.0 Å². The van der Waals surface area contributed by atoms with Gasteiger partial charge in [-0.2, -0.15) is 0 Å². The fraction of sp³-hybridized carbons (Fsp3) is 0.211. The summed E-state index contributed by atoms with van der Waals surface area (Å²) < 4.78 is 5.39. The van der Waals surface area contributed by atoms with Crippen LogP contribution in [0.1, 0.15) is 17.5 Å². The van der Waals surface area contributed by atoms with Gasteiger partial charge in [-0.3, -0.25) is 0 Å². The minimum atomic E-state index is -0.306. The number of ether oxygens (including phenoxy) is 1. The van der Waals surface area contributed by atoms with Crippen LogP contribution in [-0.2, 0) is 11.3 Å². The van der Waals surface area contributed by atoms with E-state index in [1.165, 1.54) is 0 Å². The van der Waals surface area contributed by atoms with E-state index in [9.17, 15) is 9.90 Å². The largest absolute Gasteiger partial charge is 0.508 e. The molecule has 0 aromatic heterocycles. The zero-order valence-electron chi connectivity index (χ0n) is 12.8. The third-order valence-electron chi connectivity index (χ3n) is 3.83. The van der Waals surface area contributed by atoms with Gasteiger partial charge in [-0.15, -0.1) is 0 Å². The Hall–Kier alpha value is -2.75. The van der Waals surface area contributed by atoms with E-state index in [1.54, 1.807) is 23.1 Å². The minimum Gasteiger partial charge on any atom is -0.508 e. The van der Waals surface area contributed by atoms with Gasteiger partial charge >= 0.3 is 6.09 Å². The average Bonchev–Trinajstić information content (AvgIpc) is 2.61. The molecule has 23 heavy (non-hydrogen) atoms. The summed E-state index contributed by atoms with van der Waals surface area (Å²) in [6.45, 7) is 1.42. The summed E-state index contributed by atoms with van der Waals surface area (Å²) in [5.74, 6) is 0.229. The van der Waals surface area contributed by atoms with Crippen molar-refractivity contribution in [2.75, 3.05) is 13.1 Å². The van der Waals surface area contributed by atoms with Crippen LogP contribution in [-0.4, -0.2) is 29.2 Å². The standard InChI is InChI=1S/C19H19NO3/c21-18-10-4-8-16(12-18)17-9-5-11-20(13-17)19(22)23-14-15-6-2-1-3-7-15/h1-4,6-10,12,21H,5,11,13-14H2. The molecule has 1 amide bonds. The number of carbonyl (C=O) groups excluding carboxylic acids is 1. The summed E-state index contributed by atoms with van der Waals surface area (Å²) in [4.78, 5) is 13.9. The van der Waals surface area contributed by atoms with Crippen LogP contribution >= 0.6 is 0 Å². The first kappa shape index (κ1) is 15.2. The van der Waals surface area contributed by atoms with E-state index in [-0.39, 0.29) is 18.4 Å². The number of aromatic hydroxyl groups is 1. The number of phenols is 1. The highest BCUT2D eigenvalue weighted by Gasteiger charge is 2.20. The van der Waals surface area contributed by atoms with E-state index in [0.29, 0.717) is 13.1 Å². The molecule has 0 saturated carbocycles. The molecule has 3 rings (SSSR count). The van der Waals surface area contributed by atoms with Crippen molar-refractivity contribution in [2.24, 2.45) is 0 Å². The van der Waals surface area contributed by atoms with E-state index >= 15 is 0 Å². The summed E-state index contributed by atoms with van der Waals surface area (Å²) >= 11 is 0. The molecule has 0 saturated heterocycles. The van der Waals surface area contributed by atoms with Crippen molar-refractivity contribution >= 4 is 11.7 Å². The van der Waals surface area contributed by atoms with Crippen molar-refractivity contribution < 1.29 is 14.6 Å². The highest BCUT2D eigenvalue weighted by atomic mass is 16.6. The van der Waals surface area contributed by atoms with Gasteiger partial charge in [0.1, 0.15) is 12.4 Å². The van der Waals surface area contributed by atoms with Gasteiger partial charge in [0.25, 0.3) is 0 Å². The number of nitrogens with zero attached hydrogens (tertiary/aromatic N) is 1. The Kier molecular flexibility index (Phi) is 4.62. The van der Waals surface area contributed by atoms with Gasteiger partial charge in [0, 0.05) is 13.1 Å². The van der Waals surface area contributed by atoms with E-state index < -0.39 is 0 Å².